The predicted octanol–water partition coefficient (Wildman–Crippen LogP) is 4.23. The summed E-state index contributed by atoms with van der Waals surface area (Å²) in [6, 6.07) is 10.6. The van der Waals surface area contributed by atoms with Crippen molar-refractivity contribution in [2.24, 2.45) is 5.92 Å². The topological polar surface area (TPSA) is 23.5 Å². The van der Waals surface area contributed by atoms with E-state index in [0.717, 1.165) is 19.6 Å². The average Bonchev–Trinajstić information content (AvgIpc) is 2.84. The maximum absolute atomic E-state index is 10.2. The lowest BCUT2D eigenvalue weighted by molar-refractivity contribution is 0.136. The van der Waals surface area contributed by atoms with Gasteiger partial charge in [-0.05, 0) is 17.9 Å². The van der Waals surface area contributed by atoms with Crippen molar-refractivity contribution in [3.8, 4) is 0 Å². The van der Waals surface area contributed by atoms with E-state index in [1.807, 2.05) is 0 Å². The summed E-state index contributed by atoms with van der Waals surface area (Å²) in [5, 5.41) is 10.2. The molecule has 0 spiro atoms. The zero-order chi connectivity index (χ0) is 14.9. The van der Waals surface area contributed by atoms with Crippen LogP contribution in [-0.2, 0) is 6.54 Å². The molecule has 2 rings (SSSR count). The highest BCUT2D eigenvalue weighted by atomic mass is 16.3. The molecule has 1 aromatic rings. The number of unbranched alkanes of at least 4 members (excludes halogenated alkanes) is 5. The van der Waals surface area contributed by atoms with Gasteiger partial charge in [-0.25, -0.2) is 0 Å². The predicted molar refractivity (Wildman–Crippen MR) is 89.2 cm³/mol. The van der Waals surface area contributed by atoms with Crippen molar-refractivity contribution in [3.05, 3.63) is 35.9 Å². The van der Waals surface area contributed by atoms with E-state index in [4.69, 9.17) is 0 Å². The molecule has 1 N–H and O–H groups in total. The molecule has 1 saturated heterocycles. The molecule has 0 amide bonds. The average molecular weight is 289 g/mol. The number of aliphatic hydroxyl groups is 1. The van der Waals surface area contributed by atoms with Gasteiger partial charge in [-0.2, -0.15) is 0 Å². The molecule has 1 fully saturated rings. The Morgan fingerprint density at radius 3 is 2.48 bits per heavy atom. The zero-order valence-electron chi connectivity index (χ0n) is 13.5. The molecule has 0 saturated carbocycles. The summed E-state index contributed by atoms with van der Waals surface area (Å²) in [5.41, 5.74) is 1.35. The van der Waals surface area contributed by atoms with Crippen LogP contribution in [0.1, 0.15) is 57.4 Å². The Bertz CT molecular complexity index is 378. The number of likely N-dealkylation sites (tertiary alicyclic amines) is 1. The molecule has 2 atom stereocenters. The van der Waals surface area contributed by atoms with Gasteiger partial charge in [0, 0.05) is 19.6 Å². The summed E-state index contributed by atoms with van der Waals surface area (Å²) in [5.74, 6) is 0.486. The van der Waals surface area contributed by atoms with Crippen LogP contribution in [0.4, 0.5) is 0 Å². The maximum atomic E-state index is 10.2. The SMILES string of the molecule is CCCCCCCC[C@H]1CN(Cc2ccccc2)C[C@@H]1O. The molecule has 1 aromatic carbocycles. The normalized spacial score (nSPS) is 22.8. The quantitative estimate of drug-likeness (QED) is 0.688. The van der Waals surface area contributed by atoms with Crippen LogP contribution in [0.25, 0.3) is 0 Å². The Hall–Kier alpha value is -0.860. The minimum atomic E-state index is -0.121. The molecule has 118 valence electrons. The summed E-state index contributed by atoms with van der Waals surface area (Å²) in [4.78, 5) is 2.40. The molecule has 1 aliphatic heterocycles. The summed E-state index contributed by atoms with van der Waals surface area (Å²) in [6.07, 6.45) is 9.12. The van der Waals surface area contributed by atoms with Gasteiger partial charge in [-0.3, -0.25) is 4.90 Å². The van der Waals surface area contributed by atoms with E-state index in [2.05, 4.69) is 42.2 Å². The van der Waals surface area contributed by atoms with Crippen LogP contribution in [0, 0.1) is 5.92 Å². The molecule has 0 unspecified atom stereocenters. The second kappa shape index (κ2) is 9.22. The molecule has 1 heterocycles. The van der Waals surface area contributed by atoms with Gasteiger partial charge in [-0.1, -0.05) is 75.8 Å². The molecule has 1 aliphatic rings. The highest BCUT2D eigenvalue weighted by Gasteiger charge is 2.30. The summed E-state index contributed by atoms with van der Waals surface area (Å²) < 4.78 is 0. The molecule has 21 heavy (non-hydrogen) atoms. The Morgan fingerprint density at radius 1 is 1.00 bits per heavy atom. The molecular weight excluding hydrogens is 258 g/mol. The van der Waals surface area contributed by atoms with Crippen LogP contribution in [0.15, 0.2) is 30.3 Å². The fourth-order valence-corrected chi connectivity index (χ4v) is 3.38. The molecule has 0 aliphatic carbocycles. The van der Waals surface area contributed by atoms with Crippen LogP contribution >= 0.6 is 0 Å². The largest absolute Gasteiger partial charge is 0.391 e. The Labute approximate surface area is 130 Å². The molecule has 2 nitrogen and oxygen atoms in total. The molecule has 0 bridgehead atoms. The van der Waals surface area contributed by atoms with Gasteiger partial charge in [0.05, 0.1) is 6.10 Å². The van der Waals surface area contributed by atoms with Gasteiger partial charge < -0.3 is 5.11 Å². The Balaban J connectivity index is 1.64. The second-order valence-electron chi connectivity index (χ2n) is 6.56. The third-order valence-corrected chi connectivity index (χ3v) is 4.66. The first kappa shape index (κ1) is 16.5. The third kappa shape index (κ3) is 5.80. The van der Waals surface area contributed by atoms with E-state index >= 15 is 0 Å². The van der Waals surface area contributed by atoms with Crippen LogP contribution in [-0.4, -0.2) is 29.2 Å². The summed E-state index contributed by atoms with van der Waals surface area (Å²) in [6.45, 7) is 5.14. The van der Waals surface area contributed by atoms with Crippen LogP contribution in [0.2, 0.25) is 0 Å². The van der Waals surface area contributed by atoms with E-state index in [-0.39, 0.29) is 6.10 Å². The lowest BCUT2D eigenvalue weighted by atomic mass is 9.98. The highest BCUT2D eigenvalue weighted by molar-refractivity contribution is 5.14. The van der Waals surface area contributed by atoms with Gasteiger partial charge in [0.15, 0.2) is 0 Å². The fraction of sp³-hybridized carbons (Fsp3) is 0.684. The van der Waals surface area contributed by atoms with Gasteiger partial charge in [0.2, 0.25) is 0 Å². The number of benzene rings is 1. The fourth-order valence-electron chi connectivity index (χ4n) is 3.38. The van der Waals surface area contributed by atoms with E-state index in [0.29, 0.717) is 5.92 Å². The van der Waals surface area contributed by atoms with Crippen molar-refractivity contribution in [1.82, 2.24) is 4.90 Å². The number of β-amino-alcohol motifs (C(OH)–C–C–N with tert-alkyl or cyclic N) is 1. The van der Waals surface area contributed by atoms with Gasteiger partial charge in [0.1, 0.15) is 0 Å². The smallest absolute Gasteiger partial charge is 0.0707 e. The molecule has 2 heteroatoms. The first-order valence-electron chi connectivity index (χ1n) is 8.74. The summed E-state index contributed by atoms with van der Waals surface area (Å²) in [7, 11) is 0. The lowest BCUT2D eigenvalue weighted by Crippen LogP contribution is -2.21. The number of nitrogens with zero attached hydrogens (tertiary/aromatic N) is 1. The standard InChI is InChI=1S/C19H31NO/c1-2-3-4-5-6-10-13-18-15-20(16-19(18)21)14-17-11-8-7-9-12-17/h7-9,11-12,18-19,21H,2-6,10,13-16H2,1H3/t18-,19-/m0/s1. The van der Waals surface area contributed by atoms with Gasteiger partial charge in [0.25, 0.3) is 0 Å². The van der Waals surface area contributed by atoms with Crippen molar-refractivity contribution in [2.75, 3.05) is 13.1 Å². The maximum Gasteiger partial charge on any atom is 0.0707 e. The Morgan fingerprint density at radius 2 is 1.71 bits per heavy atom. The van der Waals surface area contributed by atoms with E-state index in [9.17, 15) is 5.11 Å². The van der Waals surface area contributed by atoms with E-state index < -0.39 is 0 Å². The van der Waals surface area contributed by atoms with Crippen molar-refractivity contribution in [3.63, 3.8) is 0 Å². The highest BCUT2D eigenvalue weighted by Crippen LogP contribution is 2.24. The van der Waals surface area contributed by atoms with Gasteiger partial charge in [-0.15, -0.1) is 0 Å². The van der Waals surface area contributed by atoms with Crippen LogP contribution < -0.4 is 0 Å². The first-order chi connectivity index (χ1) is 10.3. The third-order valence-electron chi connectivity index (χ3n) is 4.66. The minimum Gasteiger partial charge on any atom is -0.391 e. The number of aliphatic hydroxyl groups excluding tert-OH is 1. The molecule has 0 aromatic heterocycles. The van der Waals surface area contributed by atoms with Crippen molar-refractivity contribution in [1.29, 1.82) is 0 Å². The van der Waals surface area contributed by atoms with Crippen molar-refractivity contribution < 1.29 is 5.11 Å². The van der Waals surface area contributed by atoms with E-state index in [1.54, 1.807) is 0 Å². The Kier molecular flexibility index (Phi) is 7.25. The number of hydrogen-bond acceptors (Lipinski definition) is 2. The van der Waals surface area contributed by atoms with Crippen LogP contribution in [0.3, 0.4) is 0 Å². The zero-order valence-corrected chi connectivity index (χ0v) is 13.5. The van der Waals surface area contributed by atoms with E-state index in [1.165, 1.54) is 50.5 Å². The van der Waals surface area contributed by atoms with Gasteiger partial charge >= 0.3 is 0 Å². The lowest BCUT2D eigenvalue weighted by Gasteiger charge is -2.15. The second-order valence-corrected chi connectivity index (χ2v) is 6.56. The monoisotopic (exact) mass is 289 g/mol. The van der Waals surface area contributed by atoms with Crippen LogP contribution in [0.5, 0.6) is 0 Å². The molecule has 0 radical (unpaired) electrons. The number of hydrogen-bond donors (Lipinski definition) is 1. The number of rotatable bonds is 9. The molecular formula is C19H31NO. The summed E-state index contributed by atoms with van der Waals surface area (Å²) >= 11 is 0. The first-order valence-corrected chi connectivity index (χ1v) is 8.74. The minimum absolute atomic E-state index is 0.121. The van der Waals surface area contributed by atoms with Crippen molar-refractivity contribution in [2.45, 2.75) is 64.5 Å². The van der Waals surface area contributed by atoms with Crippen molar-refractivity contribution >= 4 is 0 Å².